The van der Waals surface area contributed by atoms with E-state index in [9.17, 15) is 15.1 Å². The molecule has 0 bridgehead atoms. The Labute approximate surface area is 135 Å². The topological polar surface area (TPSA) is 72.6 Å². The molecule has 2 aromatic carbocycles. The highest BCUT2D eigenvalue weighted by Crippen LogP contribution is 2.17. The number of carbonyl (C=O) groups is 1. The molecular formula is C18H21N2O3+. The fourth-order valence-corrected chi connectivity index (χ4v) is 2.08. The van der Waals surface area contributed by atoms with Gasteiger partial charge in [-0.3, -0.25) is 10.0 Å². The highest BCUT2D eigenvalue weighted by atomic mass is 16.5. The highest BCUT2D eigenvalue weighted by molar-refractivity contribution is 5.91. The summed E-state index contributed by atoms with van der Waals surface area (Å²) in [6.45, 7) is 3.56. The van der Waals surface area contributed by atoms with Crippen molar-refractivity contribution in [3.8, 4) is 5.75 Å². The zero-order chi connectivity index (χ0) is 16.9. The fourth-order valence-electron chi connectivity index (χ4n) is 2.08. The van der Waals surface area contributed by atoms with Crippen molar-refractivity contribution in [3.63, 3.8) is 0 Å². The molecule has 0 unspecified atom stereocenters. The number of aromatic hydroxyl groups is 1. The van der Waals surface area contributed by atoms with Crippen LogP contribution in [0.3, 0.4) is 0 Å². The summed E-state index contributed by atoms with van der Waals surface area (Å²) >= 11 is 0. The molecule has 0 fully saturated rings. The summed E-state index contributed by atoms with van der Waals surface area (Å²) in [5.41, 5.74) is 0.679. The van der Waals surface area contributed by atoms with Gasteiger partial charge in [0.2, 0.25) is 17.7 Å². The van der Waals surface area contributed by atoms with Crippen LogP contribution in [0.15, 0.2) is 54.6 Å². The van der Waals surface area contributed by atoms with E-state index >= 15 is 0 Å². The number of rotatable bonds is 5. The molecule has 0 heterocycles. The lowest BCUT2D eigenvalue weighted by molar-refractivity contribution is -0.818. The third-order valence-electron chi connectivity index (χ3n) is 3.44. The van der Waals surface area contributed by atoms with E-state index in [1.807, 2.05) is 30.3 Å². The van der Waals surface area contributed by atoms with Gasteiger partial charge in [-0.05, 0) is 41.1 Å². The molecule has 2 rings (SSSR count). The van der Waals surface area contributed by atoms with Crippen LogP contribution in [0.1, 0.15) is 25.8 Å². The Morgan fingerprint density at radius 3 is 2.35 bits per heavy atom. The molecule has 0 radical (unpaired) electrons. The van der Waals surface area contributed by atoms with Crippen molar-refractivity contribution < 1.29 is 19.8 Å². The van der Waals surface area contributed by atoms with E-state index in [1.165, 1.54) is 12.1 Å². The SMILES string of the molecule is CC(C)(CC(=O)Nc1ccc(O)cc1)[N+](O)=Cc1ccccc1. The first-order valence-electron chi connectivity index (χ1n) is 7.34. The van der Waals surface area contributed by atoms with Crippen molar-refractivity contribution in [2.24, 2.45) is 0 Å². The average Bonchev–Trinajstić information content (AvgIpc) is 2.50. The molecule has 2 aromatic rings. The molecule has 1 amide bonds. The van der Waals surface area contributed by atoms with Gasteiger partial charge in [-0.2, -0.15) is 0 Å². The van der Waals surface area contributed by atoms with Crippen LogP contribution in [0.4, 0.5) is 5.69 Å². The van der Waals surface area contributed by atoms with Gasteiger partial charge in [0.25, 0.3) is 0 Å². The maximum Gasteiger partial charge on any atom is 0.231 e. The number of hydrogen-bond acceptors (Lipinski definition) is 3. The Bertz CT molecular complexity index is 692. The molecule has 0 aromatic heterocycles. The van der Waals surface area contributed by atoms with E-state index in [-0.39, 0.29) is 18.1 Å². The van der Waals surface area contributed by atoms with Crippen molar-refractivity contribution in [3.05, 3.63) is 60.2 Å². The van der Waals surface area contributed by atoms with Crippen LogP contribution >= 0.6 is 0 Å². The largest absolute Gasteiger partial charge is 0.508 e. The lowest BCUT2D eigenvalue weighted by atomic mass is 10.0. The maximum absolute atomic E-state index is 12.1. The molecule has 3 N–H and O–H groups in total. The Kier molecular flexibility index (Phi) is 5.01. The van der Waals surface area contributed by atoms with Crippen molar-refractivity contribution in [2.45, 2.75) is 25.8 Å². The van der Waals surface area contributed by atoms with Crippen LogP contribution in [0.5, 0.6) is 5.75 Å². The second-order valence-corrected chi connectivity index (χ2v) is 5.97. The van der Waals surface area contributed by atoms with E-state index in [0.29, 0.717) is 5.69 Å². The van der Waals surface area contributed by atoms with Crippen molar-refractivity contribution in [2.75, 3.05) is 5.32 Å². The van der Waals surface area contributed by atoms with Crippen molar-refractivity contribution in [1.29, 1.82) is 0 Å². The standard InChI is InChI=1S/C18H20N2O3/c1-18(2,20(23)13-14-6-4-3-5-7-14)12-17(22)19-15-8-10-16(21)11-9-15/h3-11,13H,12H2,1-2H3,(H2-,19,21,22,23)/p+1. The van der Waals surface area contributed by atoms with Gasteiger partial charge in [-0.25, -0.2) is 0 Å². The summed E-state index contributed by atoms with van der Waals surface area (Å²) in [6.07, 6.45) is 1.70. The molecule has 23 heavy (non-hydrogen) atoms. The summed E-state index contributed by atoms with van der Waals surface area (Å²) < 4.78 is 1.05. The number of benzene rings is 2. The number of carbonyl (C=O) groups excluding carboxylic acids is 1. The van der Waals surface area contributed by atoms with Gasteiger partial charge in [0.05, 0.1) is 6.42 Å². The van der Waals surface area contributed by atoms with Gasteiger partial charge in [-0.1, -0.05) is 18.2 Å². The lowest BCUT2D eigenvalue weighted by Gasteiger charge is -2.16. The third kappa shape index (κ3) is 4.85. The van der Waals surface area contributed by atoms with Crippen LogP contribution in [0.2, 0.25) is 0 Å². The van der Waals surface area contributed by atoms with Gasteiger partial charge >= 0.3 is 0 Å². The van der Waals surface area contributed by atoms with E-state index < -0.39 is 5.54 Å². The first-order valence-corrected chi connectivity index (χ1v) is 7.34. The van der Waals surface area contributed by atoms with Gasteiger partial charge in [0, 0.05) is 25.1 Å². The maximum atomic E-state index is 12.1. The number of hydrogen-bond donors (Lipinski definition) is 3. The lowest BCUT2D eigenvalue weighted by Crippen LogP contribution is -2.38. The van der Waals surface area contributed by atoms with Crippen molar-refractivity contribution >= 4 is 17.8 Å². The summed E-state index contributed by atoms with van der Waals surface area (Å²) in [6, 6.07) is 15.6. The van der Waals surface area contributed by atoms with Crippen LogP contribution in [-0.2, 0) is 4.79 Å². The first-order chi connectivity index (χ1) is 10.9. The fraction of sp³-hybridized carbons (Fsp3) is 0.222. The van der Waals surface area contributed by atoms with Gasteiger partial charge in [-0.15, -0.1) is 0 Å². The summed E-state index contributed by atoms with van der Waals surface area (Å²) in [4.78, 5) is 12.1. The predicted molar refractivity (Wildman–Crippen MR) is 89.1 cm³/mol. The molecule has 0 aliphatic heterocycles. The van der Waals surface area contributed by atoms with Crippen LogP contribution in [0, 0.1) is 0 Å². The third-order valence-corrected chi connectivity index (χ3v) is 3.44. The number of anilines is 1. The van der Waals surface area contributed by atoms with Gasteiger partial charge in [0.15, 0.2) is 0 Å². The van der Waals surface area contributed by atoms with Crippen LogP contribution < -0.4 is 5.32 Å². The number of amides is 1. The molecule has 5 nitrogen and oxygen atoms in total. The van der Waals surface area contributed by atoms with Crippen molar-refractivity contribution in [1.82, 2.24) is 0 Å². The second-order valence-electron chi connectivity index (χ2n) is 5.97. The molecule has 0 atom stereocenters. The number of nitrogens with zero attached hydrogens (tertiary/aromatic N) is 1. The number of nitrogens with one attached hydrogen (secondary N) is 1. The van der Waals surface area contributed by atoms with Crippen LogP contribution in [-0.4, -0.2) is 32.7 Å². The summed E-state index contributed by atoms with van der Waals surface area (Å²) in [7, 11) is 0. The van der Waals surface area contributed by atoms with E-state index in [0.717, 1.165) is 10.3 Å². The number of hydroxylamine groups is 1. The zero-order valence-corrected chi connectivity index (χ0v) is 13.2. The van der Waals surface area contributed by atoms with E-state index in [4.69, 9.17) is 0 Å². The molecule has 0 saturated heterocycles. The minimum atomic E-state index is -0.767. The van der Waals surface area contributed by atoms with Gasteiger partial charge in [0.1, 0.15) is 5.75 Å². The number of phenolic OH excluding ortho intramolecular Hbond substituents is 1. The highest BCUT2D eigenvalue weighted by Gasteiger charge is 2.34. The Balaban J connectivity index is 2.03. The zero-order valence-electron chi connectivity index (χ0n) is 13.2. The molecular weight excluding hydrogens is 292 g/mol. The molecule has 0 spiro atoms. The molecule has 5 heteroatoms. The number of phenols is 1. The second kappa shape index (κ2) is 6.96. The minimum absolute atomic E-state index is 0.105. The average molecular weight is 313 g/mol. The minimum Gasteiger partial charge on any atom is -0.508 e. The quantitative estimate of drug-likeness (QED) is 0.261. The molecule has 120 valence electrons. The predicted octanol–water partition coefficient (Wildman–Crippen LogP) is 3.02. The first kappa shape index (κ1) is 16.5. The Hall–Kier alpha value is -2.82. The summed E-state index contributed by atoms with van der Waals surface area (Å²) in [5.74, 6) is -0.0801. The molecule has 0 aliphatic carbocycles. The Morgan fingerprint density at radius 1 is 1.13 bits per heavy atom. The summed E-state index contributed by atoms with van der Waals surface area (Å²) in [5, 5.41) is 22.2. The van der Waals surface area contributed by atoms with E-state index in [2.05, 4.69) is 5.32 Å². The molecule has 0 aliphatic rings. The molecule has 0 saturated carbocycles. The monoisotopic (exact) mass is 313 g/mol. The Morgan fingerprint density at radius 2 is 1.74 bits per heavy atom. The smallest absolute Gasteiger partial charge is 0.231 e. The van der Waals surface area contributed by atoms with Gasteiger partial charge < -0.3 is 10.4 Å². The normalized spacial score (nSPS) is 12.0. The van der Waals surface area contributed by atoms with Crippen LogP contribution in [0.25, 0.3) is 0 Å². The van der Waals surface area contributed by atoms with E-state index in [1.54, 1.807) is 32.2 Å².